The molecule has 104 valence electrons. The van der Waals surface area contributed by atoms with Gasteiger partial charge in [-0.25, -0.2) is 0 Å². The summed E-state index contributed by atoms with van der Waals surface area (Å²) in [5.74, 6) is 0.227. The first kappa shape index (κ1) is 13.8. The molecular formula is C14H22N4O. The average Bonchev–Trinajstić information content (AvgIpc) is 2.92. The van der Waals surface area contributed by atoms with Crippen molar-refractivity contribution in [2.75, 3.05) is 39.0 Å². The lowest BCUT2D eigenvalue weighted by atomic mass is 10.3. The molecule has 19 heavy (non-hydrogen) atoms. The maximum atomic E-state index is 12.0. The van der Waals surface area contributed by atoms with Crippen molar-refractivity contribution in [1.82, 2.24) is 14.8 Å². The summed E-state index contributed by atoms with van der Waals surface area (Å²) in [7, 11) is 3.85. The first-order valence-electron chi connectivity index (χ1n) is 6.78. The number of pyridine rings is 1. The number of anilines is 1. The Morgan fingerprint density at radius 3 is 2.89 bits per heavy atom. The van der Waals surface area contributed by atoms with E-state index in [1.54, 1.807) is 6.20 Å². The normalized spacial score (nSPS) is 15.0. The molecule has 0 aromatic carbocycles. The van der Waals surface area contributed by atoms with Gasteiger partial charge in [0.15, 0.2) is 0 Å². The van der Waals surface area contributed by atoms with E-state index in [-0.39, 0.29) is 5.91 Å². The van der Waals surface area contributed by atoms with Crippen LogP contribution >= 0.6 is 0 Å². The van der Waals surface area contributed by atoms with E-state index in [0.29, 0.717) is 13.1 Å². The molecule has 1 saturated heterocycles. The van der Waals surface area contributed by atoms with Crippen LogP contribution in [0.15, 0.2) is 18.3 Å². The first-order chi connectivity index (χ1) is 9.19. The summed E-state index contributed by atoms with van der Waals surface area (Å²) in [6, 6.07) is 3.94. The van der Waals surface area contributed by atoms with Gasteiger partial charge in [-0.15, -0.1) is 0 Å². The molecule has 0 atom stereocenters. The van der Waals surface area contributed by atoms with Crippen molar-refractivity contribution >= 4 is 11.6 Å². The zero-order valence-electron chi connectivity index (χ0n) is 11.7. The number of carbonyl (C=O) groups is 1. The van der Waals surface area contributed by atoms with E-state index in [1.165, 1.54) is 0 Å². The third kappa shape index (κ3) is 3.92. The number of nitrogens with zero attached hydrogens (tertiary/aromatic N) is 3. The molecule has 2 rings (SSSR count). The molecule has 1 fully saturated rings. The fourth-order valence-corrected chi connectivity index (χ4v) is 2.35. The third-order valence-electron chi connectivity index (χ3n) is 3.40. The highest BCUT2D eigenvalue weighted by Gasteiger charge is 2.19. The van der Waals surface area contributed by atoms with Gasteiger partial charge in [0.25, 0.3) is 0 Å². The van der Waals surface area contributed by atoms with Crippen molar-refractivity contribution < 1.29 is 4.79 Å². The average molecular weight is 262 g/mol. The Labute approximate surface area is 114 Å². The lowest BCUT2D eigenvalue weighted by molar-refractivity contribution is -0.131. The van der Waals surface area contributed by atoms with Crippen LogP contribution in [0.1, 0.15) is 18.5 Å². The molecule has 1 amide bonds. The SMILES string of the molecule is CNc1ccnc(CN(C)CC(=O)N2CCCC2)c1. The number of likely N-dealkylation sites (tertiary alicyclic amines) is 1. The lowest BCUT2D eigenvalue weighted by Crippen LogP contribution is -2.37. The Kier molecular flexibility index (Phi) is 4.74. The van der Waals surface area contributed by atoms with Gasteiger partial charge in [0.1, 0.15) is 0 Å². The van der Waals surface area contributed by atoms with Crippen LogP contribution in [0.2, 0.25) is 0 Å². The standard InChI is InChI=1S/C14H22N4O/c1-15-12-5-6-16-13(9-12)10-17(2)11-14(19)18-7-3-4-8-18/h5-6,9H,3-4,7-8,10-11H2,1-2H3,(H,15,16). The van der Waals surface area contributed by atoms with Crippen LogP contribution < -0.4 is 5.32 Å². The predicted octanol–water partition coefficient (Wildman–Crippen LogP) is 1.18. The molecule has 1 aliphatic heterocycles. The summed E-state index contributed by atoms with van der Waals surface area (Å²) in [6.45, 7) is 2.99. The fourth-order valence-electron chi connectivity index (χ4n) is 2.35. The van der Waals surface area contributed by atoms with E-state index in [2.05, 4.69) is 10.3 Å². The van der Waals surface area contributed by atoms with E-state index in [4.69, 9.17) is 0 Å². The molecule has 5 nitrogen and oxygen atoms in total. The van der Waals surface area contributed by atoms with E-state index in [9.17, 15) is 4.79 Å². The molecule has 0 unspecified atom stereocenters. The summed E-state index contributed by atoms with van der Waals surface area (Å²) in [5, 5.41) is 3.09. The van der Waals surface area contributed by atoms with Crippen molar-refractivity contribution in [3.8, 4) is 0 Å². The van der Waals surface area contributed by atoms with Gasteiger partial charge in [0, 0.05) is 38.6 Å². The van der Waals surface area contributed by atoms with Gasteiger partial charge in [0.05, 0.1) is 12.2 Å². The van der Waals surface area contributed by atoms with E-state index < -0.39 is 0 Å². The molecule has 0 radical (unpaired) electrons. The van der Waals surface area contributed by atoms with Crippen LogP contribution in [-0.2, 0) is 11.3 Å². The minimum Gasteiger partial charge on any atom is -0.388 e. The van der Waals surface area contributed by atoms with Crippen LogP contribution in [0.4, 0.5) is 5.69 Å². The van der Waals surface area contributed by atoms with Crippen molar-refractivity contribution in [3.05, 3.63) is 24.0 Å². The molecule has 1 aromatic rings. The zero-order valence-corrected chi connectivity index (χ0v) is 11.7. The number of carbonyl (C=O) groups excluding carboxylic acids is 1. The van der Waals surface area contributed by atoms with Crippen molar-refractivity contribution in [2.45, 2.75) is 19.4 Å². The molecule has 0 aliphatic carbocycles. The number of aromatic nitrogens is 1. The van der Waals surface area contributed by atoms with Gasteiger partial charge in [-0.1, -0.05) is 0 Å². The van der Waals surface area contributed by atoms with Crippen LogP contribution in [0.3, 0.4) is 0 Å². The maximum Gasteiger partial charge on any atom is 0.236 e. The summed E-state index contributed by atoms with van der Waals surface area (Å²) >= 11 is 0. The van der Waals surface area contributed by atoms with Gasteiger partial charge in [-0.2, -0.15) is 0 Å². The van der Waals surface area contributed by atoms with Gasteiger partial charge in [-0.3, -0.25) is 14.7 Å². The van der Waals surface area contributed by atoms with Gasteiger partial charge in [0.2, 0.25) is 5.91 Å². The molecule has 5 heteroatoms. The zero-order chi connectivity index (χ0) is 13.7. The van der Waals surface area contributed by atoms with Crippen LogP contribution in [-0.4, -0.2) is 54.4 Å². The Hall–Kier alpha value is -1.62. The maximum absolute atomic E-state index is 12.0. The Morgan fingerprint density at radius 2 is 2.21 bits per heavy atom. The summed E-state index contributed by atoms with van der Waals surface area (Å²) in [5.41, 5.74) is 2.02. The molecule has 0 bridgehead atoms. The minimum absolute atomic E-state index is 0.227. The van der Waals surface area contributed by atoms with E-state index in [0.717, 1.165) is 37.3 Å². The highest BCUT2D eigenvalue weighted by molar-refractivity contribution is 5.78. The Bertz CT molecular complexity index is 429. The Balaban J connectivity index is 1.85. The van der Waals surface area contributed by atoms with E-state index >= 15 is 0 Å². The monoisotopic (exact) mass is 262 g/mol. The largest absolute Gasteiger partial charge is 0.388 e. The molecule has 1 aliphatic rings. The highest BCUT2D eigenvalue weighted by atomic mass is 16.2. The molecule has 0 spiro atoms. The molecule has 1 aromatic heterocycles. The number of likely N-dealkylation sites (N-methyl/N-ethyl adjacent to an activating group) is 1. The van der Waals surface area contributed by atoms with Crippen molar-refractivity contribution in [2.24, 2.45) is 0 Å². The van der Waals surface area contributed by atoms with Crippen LogP contribution in [0, 0.1) is 0 Å². The van der Waals surface area contributed by atoms with Gasteiger partial charge in [-0.05, 0) is 32.0 Å². The second kappa shape index (κ2) is 6.52. The number of hydrogen-bond acceptors (Lipinski definition) is 4. The topological polar surface area (TPSA) is 48.5 Å². The number of nitrogens with one attached hydrogen (secondary N) is 1. The second-order valence-electron chi connectivity index (χ2n) is 5.05. The second-order valence-corrected chi connectivity index (χ2v) is 5.05. The predicted molar refractivity (Wildman–Crippen MR) is 75.9 cm³/mol. The summed E-state index contributed by atoms with van der Waals surface area (Å²) in [6.07, 6.45) is 4.07. The number of rotatable bonds is 5. The van der Waals surface area contributed by atoms with Crippen LogP contribution in [0.25, 0.3) is 0 Å². The highest BCUT2D eigenvalue weighted by Crippen LogP contribution is 2.10. The third-order valence-corrected chi connectivity index (χ3v) is 3.40. The van der Waals surface area contributed by atoms with Gasteiger partial charge >= 0.3 is 0 Å². The lowest BCUT2D eigenvalue weighted by Gasteiger charge is -2.21. The van der Waals surface area contributed by atoms with Crippen molar-refractivity contribution in [3.63, 3.8) is 0 Å². The molecule has 2 heterocycles. The van der Waals surface area contributed by atoms with Crippen LogP contribution in [0.5, 0.6) is 0 Å². The number of amides is 1. The fraction of sp³-hybridized carbons (Fsp3) is 0.571. The first-order valence-corrected chi connectivity index (χ1v) is 6.78. The molecule has 0 saturated carbocycles. The van der Waals surface area contributed by atoms with Crippen molar-refractivity contribution in [1.29, 1.82) is 0 Å². The smallest absolute Gasteiger partial charge is 0.236 e. The summed E-state index contributed by atoms with van der Waals surface area (Å²) in [4.78, 5) is 20.3. The Morgan fingerprint density at radius 1 is 1.47 bits per heavy atom. The van der Waals surface area contributed by atoms with E-state index in [1.807, 2.05) is 36.0 Å². The molecular weight excluding hydrogens is 240 g/mol. The quantitative estimate of drug-likeness (QED) is 0.865. The number of hydrogen-bond donors (Lipinski definition) is 1. The van der Waals surface area contributed by atoms with Gasteiger partial charge < -0.3 is 10.2 Å². The molecule has 1 N–H and O–H groups in total. The summed E-state index contributed by atoms with van der Waals surface area (Å²) < 4.78 is 0. The minimum atomic E-state index is 0.227.